The first-order valence-electron chi connectivity index (χ1n) is 8.19. The lowest BCUT2D eigenvalue weighted by atomic mass is 10.2. The molecule has 4 aromatic rings. The molecule has 1 N–H and O–H groups in total. The van der Waals surface area contributed by atoms with Crippen molar-refractivity contribution in [2.24, 2.45) is 0 Å². The number of hydrogen-bond donors (Lipinski definition) is 1. The van der Waals surface area contributed by atoms with E-state index in [0.29, 0.717) is 16.0 Å². The number of nitrogens with zero attached hydrogens (tertiary/aromatic N) is 4. The molecule has 1 aromatic carbocycles. The Morgan fingerprint density at radius 1 is 1.17 bits per heavy atom. The average molecular weight is 403 g/mol. The number of rotatable bonds is 4. The number of carbonyl (C=O) groups is 1. The fraction of sp³-hybridized carbons (Fsp3) is 0.111. The summed E-state index contributed by atoms with van der Waals surface area (Å²) < 4.78 is 51.2. The molecule has 0 atom stereocenters. The molecule has 0 saturated carbocycles. The standard InChI is InChI=1S/C18H12F3N5O3/c1-28-11-5-2-4-10(8-11)22-16(27)15-24-17-23-12(13-6-3-7-29-13)9-14(18(19,20)21)26(17)25-15/h2-9H,1H3,(H,22,27). The van der Waals surface area contributed by atoms with Crippen LogP contribution in [-0.2, 0) is 6.18 Å². The van der Waals surface area contributed by atoms with Gasteiger partial charge >= 0.3 is 6.18 Å². The van der Waals surface area contributed by atoms with Crippen molar-refractivity contribution in [3.05, 3.63) is 60.2 Å². The molecule has 29 heavy (non-hydrogen) atoms. The van der Waals surface area contributed by atoms with E-state index in [1.54, 1.807) is 24.3 Å². The number of benzene rings is 1. The number of nitrogens with one attached hydrogen (secondary N) is 1. The SMILES string of the molecule is COc1cccc(NC(=O)c2nc3nc(-c4ccco4)cc(C(F)(F)F)n3n2)c1. The van der Waals surface area contributed by atoms with Gasteiger partial charge in [0.05, 0.1) is 13.4 Å². The van der Waals surface area contributed by atoms with Crippen molar-refractivity contribution in [3.8, 4) is 17.2 Å². The topological polar surface area (TPSA) is 94.5 Å². The van der Waals surface area contributed by atoms with E-state index in [-0.39, 0.29) is 17.2 Å². The van der Waals surface area contributed by atoms with Gasteiger partial charge in [-0.25, -0.2) is 4.98 Å². The van der Waals surface area contributed by atoms with E-state index < -0.39 is 23.6 Å². The van der Waals surface area contributed by atoms with Crippen molar-refractivity contribution in [3.63, 3.8) is 0 Å². The van der Waals surface area contributed by atoms with Crippen molar-refractivity contribution in [2.75, 3.05) is 12.4 Å². The van der Waals surface area contributed by atoms with E-state index in [1.165, 1.54) is 25.5 Å². The molecule has 0 aliphatic carbocycles. The van der Waals surface area contributed by atoms with Gasteiger partial charge in [0.25, 0.3) is 11.7 Å². The minimum atomic E-state index is -4.75. The zero-order valence-electron chi connectivity index (χ0n) is 14.8. The number of anilines is 1. The molecule has 0 spiro atoms. The number of aromatic nitrogens is 4. The van der Waals surface area contributed by atoms with Gasteiger partial charge in [0.15, 0.2) is 11.5 Å². The maximum atomic E-state index is 13.5. The first-order valence-corrected chi connectivity index (χ1v) is 8.19. The van der Waals surface area contributed by atoms with E-state index in [1.807, 2.05) is 0 Å². The first kappa shape index (κ1) is 18.5. The third-order valence-electron chi connectivity index (χ3n) is 3.91. The van der Waals surface area contributed by atoms with Crippen molar-refractivity contribution in [1.29, 1.82) is 0 Å². The number of halogens is 3. The summed E-state index contributed by atoms with van der Waals surface area (Å²) in [6.45, 7) is 0. The lowest BCUT2D eigenvalue weighted by molar-refractivity contribution is -0.142. The van der Waals surface area contributed by atoms with Crippen LogP contribution in [0.2, 0.25) is 0 Å². The molecule has 0 aliphatic rings. The molecular weight excluding hydrogens is 391 g/mol. The molecule has 0 aliphatic heterocycles. The predicted molar refractivity (Wildman–Crippen MR) is 94.4 cm³/mol. The third-order valence-corrected chi connectivity index (χ3v) is 3.91. The summed E-state index contributed by atoms with van der Waals surface area (Å²) in [5.41, 5.74) is -0.850. The van der Waals surface area contributed by atoms with Crippen LogP contribution in [0.15, 0.2) is 53.1 Å². The molecular formula is C18H12F3N5O3. The molecule has 4 rings (SSSR count). The molecule has 0 unspecified atom stereocenters. The van der Waals surface area contributed by atoms with Crippen LogP contribution in [0.5, 0.6) is 5.75 Å². The van der Waals surface area contributed by atoms with Crippen molar-refractivity contribution >= 4 is 17.4 Å². The van der Waals surface area contributed by atoms with Crippen LogP contribution in [0.3, 0.4) is 0 Å². The van der Waals surface area contributed by atoms with Crippen LogP contribution in [0.25, 0.3) is 17.2 Å². The largest absolute Gasteiger partial charge is 0.497 e. The van der Waals surface area contributed by atoms with Crippen LogP contribution in [0.1, 0.15) is 16.3 Å². The zero-order chi connectivity index (χ0) is 20.6. The summed E-state index contributed by atoms with van der Waals surface area (Å²) in [7, 11) is 1.46. The minimum Gasteiger partial charge on any atom is -0.497 e. The van der Waals surface area contributed by atoms with Crippen LogP contribution in [0.4, 0.5) is 18.9 Å². The zero-order valence-corrected chi connectivity index (χ0v) is 14.8. The lowest BCUT2D eigenvalue weighted by Gasteiger charge is -2.09. The van der Waals surface area contributed by atoms with E-state index in [0.717, 1.165) is 6.07 Å². The number of methoxy groups -OCH3 is 1. The Bertz CT molecular complexity index is 1190. The second-order valence-corrected chi connectivity index (χ2v) is 5.83. The van der Waals surface area contributed by atoms with Crippen LogP contribution in [0, 0.1) is 0 Å². The van der Waals surface area contributed by atoms with Gasteiger partial charge in [0.1, 0.15) is 11.4 Å². The van der Waals surface area contributed by atoms with Gasteiger partial charge in [-0.2, -0.15) is 22.7 Å². The van der Waals surface area contributed by atoms with Gasteiger partial charge < -0.3 is 14.5 Å². The minimum absolute atomic E-state index is 0.0815. The second-order valence-electron chi connectivity index (χ2n) is 5.83. The van der Waals surface area contributed by atoms with Gasteiger partial charge in [-0.15, -0.1) is 5.10 Å². The molecule has 8 nitrogen and oxygen atoms in total. The summed E-state index contributed by atoms with van der Waals surface area (Å²) in [5, 5.41) is 6.20. The van der Waals surface area contributed by atoms with Crippen molar-refractivity contribution in [1.82, 2.24) is 19.6 Å². The number of hydrogen-bond acceptors (Lipinski definition) is 6. The average Bonchev–Trinajstić information content (AvgIpc) is 3.36. The summed E-state index contributed by atoms with van der Waals surface area (Å²) in [6, 6.07) is 10.2. The van der Waals surface area contributed by atoms with Crippen LogP contribution in [-0.4, -0.2) is 32.6 Å². The van der Waals surface area contributed by atoms with Gasteiger partial charge in [-0.3, -0.25) is 4.79 Å². The fourth-order valence-electron chi connectivity index (χ4n) is 2.60. The van der Waals surface area contributed by atoms with Crippen molar-refractivity contribution < 1.29 is 27.1 Å². The number of ether oxygens (including phenoxy) is 1. The summed E-state index contributed by atoms with van der Waals surface area (Å²) in [5.74, 6) is -1.03. The molecule has 3 aromatic heterocycles. The third kappa shape index (κ3) is 3.61. The number of alkyl halides is 3. The summed E-state index contributed by atoms with van der Waals surface area (Å²) >= 11 is 0. The second kappa shape index (κ2) is 6.93. The van der Waals surface area contributed by atoms with Gasteiger partial charge in [0, 0.05) is 11.8 Å². The Kier molecular flexibility index (Phi) is 4.41. The fourth-order valence-corrected chi connectivity index (χ4v) is 2.60. The highest BCUT2D eigenvalue weighted by atomic mass is 19.4. The summed E-state index contributed by atoms with van der Waals surface area (Å²) in [6.07, 6.45) is -3.44. The van der Waals surface area contributed by atoms with E-state index in [4.69, 9.17) is 9.15 Å². The quantitative estimate of drug-likeness (QED) is 0.559. The molecule has 1 amide bonds. The van der Waals surface area contributed by atoms with Crippen LogP contribution < -0.4 is 10.1 Å². The Labute approximate surface area is 161 Å². The molecule has 11 heteroatoms. The maximum Gasteiger partial charge on any atom is 0.433 e. The van der Waals surface area contributed by atoms with Crippen LogP contribution >= 0.6 is 0 Å². The Balaban J connectivity index is 1.75. The summed E-state index contributed by atoms with van der Waals surface area (Å²) in [4.78, 5) is 20.3. The Morgan fingerprint density at radius 2 is 2.00 bits per heavy atom. The van der Waals surface area contributed by atoms with E-state index in [2.05, 4.69) is 20.4 Å². The highest BCUT2D eigenvalue weighted by Crippen LogP contribution is 2.32. The van der Waals surface area contributed by atoms with Gasteiger partial charge in [0.2, 0.25) is 5.82 Å². The van der Waals surface area contributed by atoms with E-state index >= 15 is 0 Å². The molecule has 0 radical (unpaired) electrons. The van der Waals surface area contributed by atoms with Crippen molar-refractivity contribution in [2.45, 2.75) is 6.18 Å². The maximum absolute atomic E-state index is 13.5. The number of fused-ring (bicyclic) bond motifs is 1. The van der Waals surface area contributed by atoms with E-state index in [9.17, 15) is 18.0 Å². The number of furan rings is 1. The Morgan fingerprint density at radius 3 is 2.69 bits per heavy atom. The lowest BCUT2D eigenvalue weighted by Crippen LogP contribution is -2.16. The first-order chi connectivity index (χ1) is 13.8. The monoisotopic (exact) mass is 403 g/mol. The highest BCUT2D eigenvalue weighted by molar-refractivity contribution is 6.01. The predicted octanol–water partition coefficient (Wildman–Crippen LogP) is 3.66. The molecule has 0 fully saturated rings. The molecule has 0 saturated heterocycles. The normalized spacial score (nSPS) is 11.6. The number of carbonyl (C=O) groups excluding carboxylic acids is 1. The van der Waals surface area contributed by atoms with Gasteiger partial charge in [-0.1, -0.05) is 6.07 Å². The smallest absolute Gasteiger partial charge is 0.433 e. The molecule has 148 valence electrons. The van der Waals surface area contributed by atoms with Gasteiger partial charge in [-0.05, 0) is 30.3 Å². The highest BCUT2D eigenvalue weighted by Gasteiger charge is 2.36. The Hall–Kier alpha value is -3.89. The number of amides is 1. The molecule has 3 heterocycles. The molecule has 0 bridgehead atoms.